The SMILES string of the molecule is NCc1ccc(S(=O)c2ccc(SCCN3CCCC3)cc2)s1. The van der Waals surface area contributed by atoms with Gasteiger partial charge in [0, 0.05) is 33.5 Å². The molecule has 0 aliphatic carbocycles. The Labute approximate surface area is 148 Å². The van der Waals surface area contributed by atoms with Gasteiger partial charge in [0.05, 0.1) is 15.0 Å². The molecule has 124 valence electrons. The lowest BCUT2D eigenvalue weighted by Crippen LogP contribution is -2.21. The molecule has 3 rings (SSSR count). The summed E-state index contributed by atoms with van der Waals surface area (Å²) in [6.07, 6.45) is 2.69. The van der Waals surface area contributed by atoms with E-state index in [9.17, 15) is 4.21 Å². The van der Waals surface area contributed by atoms with Crippen molar-refractivity contribution >= 4 is 33.9 Å². The van der Waals surface area contributed by atoms with Crippen LogP contribution in [0.15, 0.2) is 50.4 Å². The van der Waals surface area contributed by atoms with Crippen LogP contribution >= 0.6 is 23.1 Å². The van der Waals surface area contributed by atoms with E-state index in [-0.39, 0.29) is 0 Å². The molecule has 1 aliphatic heterocycles. The highest BCUT2D eigenvalue weighted by Crippen LogP contribution is 2.26. The zero-order chi connectivity index (χ0) is 16.1. The third-order valence-corrected chi connectivity index (χ3v) is 7.73. The number of thioether (sulfide) groups is 1. The maximum absolute atomic E-state index is 12.5. The molecule has 1 fully saturated rings. The van der Waals surface area contributed by atoms with Gasteiger partial charge in [-0.05, 0) is 62.3 Å². The largest absolute Gasteiger partial charge is 0.326 e. The quantitative estimate of drug-likeness (QED) is 0.761. The maximum Gasteiger partial charge on any atom is 0.0963 e. The van der Waals surface area contributed by atoms with Crippen molar-refractivity contribution in [3.05, 3.63) is 41.3 Å². The first kappa shape index (κ1) is 17.2. The Balaban J connectivity index is 1.54. The highest BCUT2D eigenvalue weighted by Gasteiger charge is 2.12. The molecule has 23 heavy (non-hydrogen) atoms. The molecule has 1 aromatic carbocycles. The molecular weight excluding hydrogens is 344 g/mol. The van der Waals surface area contributed by atoms with Crippen LogP contribution < -0.4 is 5.73 Å². The highest BCUT2D eigenvalue weighted by atomic mass is 32.2. The highest BCUT2D eigenvalue weighted by molar-refractivity contribution is 7.99. The predicted octanol–water partition coefficient (Wildman–Crippen LogP) is 3.56. The number of nitrogens with zero attached hydrogens (tertiary/aromatic N) is 1. The van der Waals surface area contributed by atoms with Crippen molar-refractivity contribution in [2.45, 2.75) is 33.4 Å². The first-order valence-electron chi connectivity index (χ1n) is 7.92. The lowest BCUT2D eigenvalue weighted by atomic mass is 10.4. The standard InChI is InChI=1S/C17H22N2OS3/c18-13-15-5-8-17(22-15)23(20)16-6-3-14(4-7-16)21-12-11-19-9-1-2-10-19/h3-8H,1-2,9-13,18H2. The fraction of sp³-hybridized carbons (Fsp3) is 0.412. The van der Waals surface area contributed by atoms with Gasteiger partial charge in [-0.2, -0.15) is 0 Å². The van der Waals surface area contributed by atoms with Crippen molar-refractivity contribution in [2.75, 3.05) is 25.4 Å². The Hall–Kier alpha value is -0.660. The van der Waals surface area contributed by atoms with E-state index in [1.165, 1.54) is 42.2 Å². The van der Waals surface area contributed by atoms with Gasteiger partial charge < -0.3 is 10.6 Å². The summed E-state index contributed by atoms with van der Waals surface area (Å²) in [5.41, 5.74) is 5.62. The molecule has 0 spiro atoms. The minimum absolute atomic E-state index is 0.508. The third-order valence-electron chi connectivity index (χ3n) is 3.93. The van der Waals surface area contributed by atoms with E-state index < -0.39 is 10.8 Å². The van der Waals surface area contributed by atoms with E-state index in [4.69, 9.17) is 5.73 Å². The van der Waals surface area contributed by atoms with Crippen LogP contribution in [-0.2, 0) is 17.3 Å². The van der Waals surface area contributed by atoms with Crippen LogP contribution in [0.25, 0.3) is 0 Å². The van der Waals surface area contributed by atoms with Crippen LogP contribution in [0.5, 0.6) is 0 Å². The third kappa shape index (κ3) is 4.67. The number of benzene rings is 1. The van der Waals surface area contributed by atoms with Crippen molar-refractivity contribution in [3.8, 4) is 0 Å². The lowest BCUT2D eigenvalue weighted by Gasteiger charge is -2.13. The van der Waals surface area contributed by atoms with Crippen LogP contribution in [0, 0.1) is 0 Å². The second-order valence-electron chi connectivity index (χ2n) is 5.56. The first-order valence-corrected chi connectivity index (χ1v) is 10.9. The van der Waals surface area contributed by atoms with Gasteiger partial charge in [0.15, 0.2) is 0 Å². The van der Waals surface area contributed by atoms with E-state index in [0.717, 1.165) is 26.3 Å². The van der Waals surface area contributed by atoms with Gasteiger partial charge in [-0.25, -0.2) is 4.21 Å². The summed E-state index contributed by atoms with van der Waals surface area (Å²) in [4.78, 5) is 5.71. The van der Waals surface area contributed by atoms with Gasteiger partial charge in [-0.15, -0.1) is 23.1 Å². The average Bonchev–Trinajstić information content (AvgIpc) is 3.26. The Kier molecular flexibility index (Phi) is 6.30. The molecule has 6 heteroatoms. The topological polar surface area (TPSA) is 46.3 Å². The fourth-order valence-corrected chi connectivity index (χ4v) is 5.89. The smallest absolute Gasteiger partial charge is 0.0963 e. The Morgan fingerprint density at radius 2 is 1.87 bits per heavy atom. The molecule has 1 atom stereocenters. The molecule has 1 aliphatic rings. The van der Waals surface area contributed by atoms with Gasteiger partial charge in [0.1, 0.15) is 0 Å². The molecule has 3 nitrogen and oxygen atoms in total. The monoisotopic (exact) mass is 366 g/mol. The normalized spacial score (nSPS) is 16.7. The Morgan fingerprint density at radius 1 is 1.13 bits per heavy atom. The number of likely N-dealkylation sites (tertiary alicyclic amines) is 1. The van der Waals surface area contributed by atoms with Gasteiger partial charge in [0.2, 0.25) is 0 Å². The lowest BCUT2D eigenvalue weighted by molar-refractivity contribution is 0.362. The van der Waals surface area contributed by atoms with Crippen LogP contribution in [0.4, 0.5) is 0 Å². The average molecular weight is 367 g/mol. The molecule has 1 saturated heterocycles. The van der Waals surface area contributed by atoms with E-state index in [1.54, 1.807) is 0 Å². The summed E-state index contributed by atoms with van der Waals surface area (Å²) in [5, 5.41) is 0. The Bertz CT molecular complexity index is 648. The number of rotatable bonds is 7. The molecule has 2 aromatic rings. The molecule has 0 saturated carbocycles. The van der Waals surface area contributed by atoms with Crippen LogP contribution in [0.2, 0.25) is 0 Å². The van der Waals surface area contributed by atoms with Crippen LogP contribution in [-0.4, -0.2) is 34.5 Å². The molecule has 1 unspecified atom stereocenters. The molecule has 0 bridgehead atoms. The number of hydrogen-bond acceptors (Lipinski definition) is 5. The zero-order valence-corrected chi connectivity index (χ0v) is 15.5. The van der Waals surface area contributed by atoms with Crippen molar-refractivity contribution < 1.29 is 4.21 Å². The maximum atomic E-state index is 12.5. The van der Waals surface area contributed by atoms with Crippen molar-refractivity contribution in [1.82, 2.24) is 4.90 Å². The summed E-state index contributed by atoms with van der Waals surface area (Å²) >= 11 is 3.41. The second kappa shape index (κ2) is 8.44. The van der Waals surface area contributed by atoms with Gasteiger partial charge in [-0.1, -0.05) is 0 Å². The first-order chi connectivity index (χ1) is 11.3. The zero-order valence-electron chi connectivity index (χ0n) is 13.1. The predicted molar refractivity (Wildman–Crippen MR) is 99.7 cm³/mol. The molecule has 2 heterocycles. The molecular formula is C17H22N2OS3. The number of hydrogen-bond donors (Lipinski definition) is 1. The summed E-state index contributed by atoms with van der Waals surface area (Å²) in [7, 11) is -1.10. The Morgan fingerprint density at radius 3 is 2.52 bits per heavy atom. The summed E-state index contributed by atoms with van der Waals surface area (Å²) in [6, 6.07) is 12.0. The second-order valence-corrected chi connectivity index (χ2v) is 9.61. The van der Waals surface area contributed by atoms with Crippen LogP contribution in [0.1, 0.15) is 17.7 Å². The van der Waals surface area contributed by atoms with E-state index in [2.05, 4.69) is 17.0 Å². The minimum Gasteiger partial charge on any atom is -0.326 e. The fourth-order valence-electron chi connectivity index (χ4n) is 2.64. The van der Waals surface area contributed by atoms with E-state index >= 15 is 0 Å². The molecule has 0 radical (unpaired) electrons. The van der Waals surface area contributed by atoms with Crippen LogP contribution in [0.3, 0.4) is 0 Å². The molecule has 2 N–H and O–H groups in total. The van der Waals surface area contributed by atoms with E-state index in [1.807, 2.05) is 36.0 Å². The number of thiophene rings is 1. The van der Waals surface area contributed by atoms with E-state index in [0.29, 0.717) is 6.54 Å². The number of nitrogens with two attached hydrogens (primary N) is 1. The van der Waals surface area contributed by atoms with Crippen molar-refractivity contribution in [1.29, 1.82) is 0 Å². The molecule has 1 aromatic heterocycles. The van der Waals surface area contributed by atoms with Crippen molar-refractivity contribution in [2.24, 2.45) is 5.73 Å². The summed E-state index contributed by atoms with van der Waals surface area (Å²) in [6.45, 7) is 4.18. The van der Waals surface area contributed by atoms with Gasteiger partial charge >= 0.3 is 0 Å². The van der Waals surface area contributed by atoms with Gasteiger partial charge in [-0.3, -0.25) is 0 Å². The molecule has 0 amide bonds. The minimum atomic E-state index is -1.10. The van der Waals surface area contributed by atoms with Crippen molar-refractivity contribution in [3.63, 3.8) is 0 Å². The summed E-state index contributed by atoms with van der Waals surface area (Å²) in [5.74, 6) is 1.12. The summed E-state index contributed by atoms with van der Waals surface area (Å²) < 4.78 is 13.4. The van der Waals surface area contributed by atoms with Gasteiger partial charge in [0.25, 0.3) is 0 Å².